The molecule has 2 saturated heterocycles. The fourth-order valence-corrected chi connectivity index (χ4v) is 10.7. The van der Waals surface area contributed by atoms with Crippen molar-refractivity contribution < 1.29 is 23.5 Å². The molecule has 2 fully saturated rings. The van der Waals surface area contributed by atoms with Crippen molar-refractivity contribution >= 4 is 31.6 Å². The average molecular weight is 660 g/mol. The number of halogens is 1. The van der Waals surface area contributed by atoms with E-state index in [-0.39, 0.29) is 24.3 Å². The lowest BCUT2D eigenvalue weighted by Gasteiger charge is -2.31. The van der Waals surface area contributed by atoms with E-state index in [1.807, 2.05) is 66.6 Å². The molecule has 2 aromatic carbocycles. The van der Waals surface area contributed by atoms with Crippen LogP contribution >= 0.6 is 0 Å². The number of aliphatic hydroxyl groups is 1. The van der Waals surface area contributed by atoms with Gasteiger partial charge in [0.05, 0.1) is 30.0 Å². The molecule has 11 heteroatoms. The number of anilines is 2. The zero-order chi connectivity index (χ0) is 33.3. The number of hydrogen-bond donors (Lipinski definition) is 1. The van der Waals surface area contributed by atoms with E-state index in [4.69, 9.17) is 4.74 Å². The number of fused-ring (bicyclic) bond motifs is 2. The Morgan fingerprint density at radius 3 is 2.64 bits per heavy atom. The van der Waals surface area contributed by atoms with Gasteiger partial charge in [0.15, 0.2) is 5.60 Å². The standard InChI is InChI=1S/C36H46FN5O4Si/c1-5-19-42-31-17-16-27(41-20-12-7-6-11-15-33(41)44)22-29(31)36(35(42)45)25(2)34(47(3,4)37)32(46-36)18-21-40-23-30(38-39-40)28(24-43)26-13-9-8-10-14-26/h5,8-10,13-14,16-17,22-23,25,28,32,34,43H,1,6-7,11-12,15,18-21,24H2,2-4H3/t25-,28?,32+,34-,36+/m0/s1. The number of aryl methyl sites for hydroxylation is 1. The highest BCUT2D eigenvalue weighted by atomic mass is 28.4. The molecule has 0 saturated carbocycles. The van der Waals surface area contributed by atoms with Gasteiger partial charge in [-0.2, -0.15) is 0 Å². The van der Waals surface area contributed by atoms with Crippen molar-refractivity contribution in [1.29, 1.82) is 0 Å². The molecule has 3 aliphatic rings. The zero-order valence-corrected chi connectivity index (χ0v) is 28.6. The van der Waals surface area contributed by atoms with Crippen LogP contribution in [0.25, 0.3) is 0 Å². The number of hydrogen-bond acceptors (Lipinski definition) is 6. The first-order valence-electron chi connectivity index (χ1n) is 16.9. The Hall–Kier alpha value is -3.67. The molecule has 1 aromatic heterocycles. The minimum atomic E-state index is -3.36. The molecule has 3 aliphatic heterocycles. The van der Waals surface area contributed by atoms with Gasteiger partial charge in [-0.3, -0.25) is 14.3 Å². The van der Waals surface area contributed by atoms with Crippen LogP contribution in [0.2, 0.25) is 18.6 Å². The van der Waals surface area contributed by atoms with Gasteiger partial charge in [0, 0.05) is 55.0 Å². The van der Waals surface area contributed by atoms with Crippen LogP contribution in [0.5, 0.6) is 0 Å². The smallest absolute Gasteiger partial charge is 0.264 e. The summed E-state index contributed by atoms with van der Waals surface area (Å²) < 4.78 is 25.0. The van der Waals surface area contributed by atoms with E-state index in [9.17, 15) is 14.7 Å². The van der Waals surface area contributed by atoms with E-state index in [0.717, 1.165) is 42.6 Å². The number of nitrogens with zero attached hydrogens (tertiary/aromatic N) is 5. The Kier molecular flexibility index (Phi) is 9.51. The van der Waals surface area contributed by atoms with E-state index in [0.29, 0.717) is 43.7 Å². The lowest BCUT2D eigenvalue weighted by molar-refractivity contribution is -0.145. The largest absolute Gasteiger partial charge is 0.395 e. The van der Waals surface area contributed by atoms with Crippen LogP contribution in [0.15, 0.2) is 67.4 Å². The molecule has 4 heterocycles. The lowest BCUT2D eigenvalue weighted by Crippen LogP contribution is -2.45. The lowest BCUT2D eigenvalue weighted by atomic mass is 9.82. The van der Waals surface area contributed by atoms with Crippen molar-refractivity contribution in [1.82, 2.24) is 15.0 Å². The average Bonchev–Trinajstić information content (AvgIpc) is 3.69. The van der Waals surface area contributed by atoms with Gasteiger partial charge in [0.2, 0.25) is 14.3 Å². The Morgan fingerprint density at radius 1 is 1.15 bits per heavy atom. The summed E-state index contributed by atoms with van der Waals surface area (Å²) in [6.07, 6.45) is 7.82. The number of benzene rings is 2. The molecule has 1 N–H and O–H groups in total. The summed E-state index contributed by atoms with van der Waals surface area (Å²) >= 11 is 0. The number of carbonyl (C=O) groups is 2. The first kappa shape index (κ1) is 33.2. The number of amides is 2. The summed E-state index contributed by atoms with van der Waals surface area (Å²) in [6.45, 7) is 10.5. The van der Waals surface area contributed by atoms with Gasteiger partial charge < -0.3 is 23.8 Å². The van der Waals surface area contributed by atoms with Crippen molar-refractivity contribution in [3.8, 4) is 0 Å². The van der Waals surface area contributed by atoms with E-state index in [2.05, 4.69) is 16.9 Å². The van der Waals surface area contributed by atoms with Crippen LogP contribution in [0.3, 0.4) is 0 Å². The third-order valence-corrected chi connectivity index (χ3v) is 12.8. The maximum Gasteiger partial charge on any atom is 0.264 e. The summed E-state index contributed by atoms with van der Waals surface area (Å²) in [5, 5.41) is 18.8. The van der Waals surface area contributed by atoms with Gasteiger partial charge >= 0.3 is 0 Å². The Bertz CT molecular complexity index is 1610. The van der Waals surface area contributed by atoms with Crippen molar-refractivity contribution in [2.75, 3.05) is 29.5 Å². The molecule has 2 amide bonds. The second-order valence-corrected chi connectivity index (χ2v) is 17.5. The van der Waals surface area contributed by atoms with Crippen LogP contribution in [0.4, 0.5) is 15.5 Å². The molecule has 9 nitrogen and oxygen atoms in total. The zero-order valence-electron chi connectivity index (χ0n) is 27.6. The van der Waals surface area contributed by atoms with E-state index >= 15 is 4.11 Å². The van der Waals surface area contributed by atoms with Crippen LogP contribution in [0, 0.1) is 5.92 Å². The van der Waals surface area contributed by atoms with Crippen molar-refractivity contribution in [3.05, 3.63) is 84.2 Å². The van der Waals surface area contributed by atoms with Crippen LogP contribution in [-0.2, 0) is 26.5 Å². The van der Waals surface area contributed by atoms with E-state index < -0.39 is 31.6 Å². The van der Waals surface area contributed by atoms with E-state index in [1.54, 1.807) is 28.8 Å². The highest BCUT2D eigenvalue weighted by Gasteiger charge is 2.66. The Morgan fingerprint density at radius 2 is 1.91 bits per heavy atom. The summed E-state index contributed by atoms with van der Waals surface area (Å²) in [7, 11) is -3.36. The SMILES string of the molecule is C=CCN1C(=O)[C@]2(O[C@H](CCn3cc(C(CO)c4ccccc4)nn3)[C@@H]([Si](C)(C)F)[C@@H]2C)c2cc(N3CCCCCCC3=O)ccc21. The molecule has 0 bridgehead atoms. The monoisotopic (exact) mass is 659 g/mol. The molecule has 0 aliphatic carbocycles. The molecule has 1 unspecified atom stereocenters. The number of ether oxygens (including phenoxy) is 1. The normalized spacial score (nSPS) is 25.6. The van der Waals surface area contributed by atoms with Crippen molar-refractivity contribution in [2.45, 2.75) is 88.3 Å². The second-order valence-electron chi connectivity index (χ2n) is 13.7. The number of aliphatic hydroxyl groups excluding tert-OH is 1. The maximum absolute atomic E-state index is 16.4. The van der Waals surface area contributed by atoms with Crippen molar-refractivity contribution in [3.63, 3.8) is 0 Å². The summed E-state index contributed by atoms with van der Waals surface area (Å²) in [4.78, 5) is 31.2. The van der Waals surface area contributed by atoms with Gasteiger partial charge in [-0.15, -0.1) is 11.7 Å². The van der Waals surface area contributed by atoms with Crippen LogP contribution in [-0.4, -0.2) is 66.1 Å². The van der Waals surface area contributed by atoms with E-state index in [1.165, 1.54) is 0 Å². The highest BCUT2D eigenvalue weighted by molar-refractivity contribution is 6.72. The van der Waals surface area contributed by atoms with Gasteiger partial charge in [-0.05, 0) is 56.1 Å². The fourth-order valence-electron chi connectivity index (χ4n) is 8.11. The number of aromatic nitrogens is 3. The molecule has 0 radical (unpaired) electrons. The van der Waals surface area contributed by atoms with Gasteiger partial charge in [-0.1, -0.05) is 61.4 Å². The molecule has 250 valence electrons. The van der Waals surface area contributed by atoms with Gasteiger partial charge in [-0.25, -0.2) is 0 Å². The third kappa shape index (κ3) is 6.09. The summed E-state index contributed by atoms with van der Waals surface area (Å²) in [6, 6.07) is 15.5. The van der Waals surface area contributed by atoms with Gasteiger partial charge in [0.1, 0.15) is 0 Å². The highest BCUT2D eigenvalue weighted by Crippen LogP contribution is 2.60. The molecular formula is C36H46FN5O4Si. The molecule has 6 rings (SSSR count). The first-order chi connectivity index (χ1) is 22.6. The van der Waals surface area contributed by atoms with Crippen LogP contribution < -0.4 is 9.80 Å². The Balaban J connectivity index is 1.32. The molecular weight excluding hydrogens is 614 g/mol. The molecule has 1 spiro atoms. The molecule has 5 atom stereocenters. The minimum absolute atomic E-state index is 0.0855. The first-order valence-corrected chi connectivity index (χ1v) is 19.9. The quantitative estimate of drug-likeness (QED) is 0.161. The molecule has 47 heavy (non-hydrogen) atoms. The predicted molar refractivity (Wildman–Crippen MR) is 182 cm³/mol. The van der Waals surface area contributed by atoms with Crippen LogP contribution in [0.1, 0.15) is 68.2 Å². The Labute approximate surface area is 277 Å². The summed E-state index contributed by atoms with van der Waals surface area (Å²) in [5.41, 5.74) is 1.93. The predicted octanol–water partition coefficient (Wildman–Crippen LogP) is 6.10. The maximum atomic E-state index is 16.4. The van der Waals surface area contributed by atoms with Crippen molar-refractivity contribution in [2.24, 2.45) is 5.92 Å². The minimum Gasteiger partial charge on any atom is -0.395 e. The summed E-state index contributed by atoms with van der Waals surface area (Å²) in [5.74, 6) is -0.874. The number of rotatable bonds is 10. The van der Waals surface area contributed by atoms with Gasteiger partial charge in [0.25, 0.3) is 5.91 Å². The fraction of sp³-hybridized carbons (Fsp3) is 0.500. The molecule has 3 aromatic rings. The third-order valence-electron chi connectivity index (χ3n) is 10.3. The topological polar surface area (TPSA) is 101 Å². The number of carbonyl (C=O) groups excluding carboxylic acids is 2. The second kappa shape index (κ2) is 13.4.